The van der Waals surface area contributed by atoms with Gasteiger partial charge in [-0.25, -0.2) is 9.36 Å². The molecule has 0 aromatic carbocycles. The van der Waals surface area contributed by atoms with Crippen LogP contribution < -0.4 is 4.57 Å². The summed E-state index contributed by atoms with van der Waals surface area (Å²) in [6, 6.07) is 3.22. The summed E-state index contributed by atoms with van der Waals surface area (Å²) in [5.74, 6) is -0.881. The SMILES string of the molecule is Cc1cc(C(=O)O)cc[n+]1C. The highest BCUT2D eigenvalue weighted by Crippen LogP contribution is 1.97. The molecule has 3 heteroatoms. The van der Waals surface area contributed by atoms with E-state index < -0.39 is 5.97 Å². The first-order chi connectivity index (χ1) is 5.11. The molecule has 11 heavy (non-hydrogen) atoms. The predicted octanol–water partition coefficient (Wildman–Crippen LogP) is 0.518. The molecule has 1 aromatic heterocycles. The molecule has 0 aliphatic carbocycles. The zero-order chi connectivity index (χ0) is 8.43. The maximum Gasteiger partial charge on any atom is 0.336 e. The standard InChI is InChI=1S/C8H9NO2/c1-6-5-7(8(10)11)3-4-9(6)2/h3-5H,1-2H3/p+1. The molecule has 0 bridgehead atoms. The Labute approximate surface area is 64.9 Å². The van der Waals surface area contributed by atoms with E-state index >= 15 is 0 Å². The van der Waals surface area contributed by atoms with Gasteiger partial charge < -0.3 is 5.11 Å². The van der Waals surface area contributed by atoms with Crippen LogP contribution in [0.25, 0.3) is 0 Å². The first-order valence-corrected chi connectivity index (χ1v) is 3.31. The average Bonchev–Trinajstić information content (AvgIpc) is 1.94. The van der Waals surface area contributed by atoms with Crippen molar-refractivity contribution < 1.29 is 14.5 Å². The molecule has 1 aromatic rings. The van der Waals surface area contributed by atoms with Gasteiger partial charge in [0, 0.05) is 19.1 Å². The van der Waals surface area contributed by atoms with Crippen LogP contribution in [0.15, 0.2) is 18.3 Å². The molecule has 0 saturated heterocycles. The Hall–Kier alpha value is -1.38. The first kappa shape index (κ1) is 7.72. The number of nitrogens with zero attached hydrogens (tertiary/aromatic N) is 1. The minimum Gasteiger partial charge on any atom is -0.478 e. The van der Waals surface area contributed by atoms with E-state index in [9.17, 15) is 4.79 Å². The monoisotopic (exact) mass is 152 g/mol. The van der Waals surface area contributed by atoms with Crippen LogP contribution in [0.3, 0.4) is 0 Å². The van der Waals surface area contributed by atoms with E-state index in [4.69, 9.17) is 5.11 Å². The lowest BCUT2D eigenvalue weighted by atomic mass is 10.2. The van der Waals surface area contributed by atoms with Gasteiger partial charge in [0.1, 0.15) is 7.05 Å². The molecule has 0 amide bonds. The van der Waals surface area contributed by atoms with Crippen LogP contribution in [0, 0.1) is 6.92 Å². The Morgan fingerprint density at radius 1 is 1.64 bits per heavy atom. The van der Waals surface area contributed by atoms with E-state index in [-0.39, 0.29) is 0 Å². The molecule has 0 aliphatic rings. The van der Waals surface area contributed by atoms with Gasteiger partial charge in [-0.1, -0.05) is 0 Å². The highest BCUT2D eigenvalue weighted by Gasteiger charge is 2.06. The Morgan fingerprint density at radius 2 is 2.27 bits per heavy atom. The van der Waals surface area contributed by atoms with Crippen molar-refractivity contribution in [2.24, 2.45) is 7.05 Å². The molecular weight excluding hydrogens is 142 g/mol. The lowest BCUT2D eigenvalue weighted by Crippen LogP contribution is -2.31. The zero-order valence-corrected chi connectivity index (χ0v) is 6.53. The minimum atomic E-state index is -0.881. The van der Waals surface area contributed by atoms with Crippen molar-refractivity contribution >= 4 is 5.97 Å². The molecular formula is C8H10NO2+. The highest BCUT2D eigenvalue weighted by atomic mass is 16.4. The number of carboxylic acids is 1. The number of aromatic nitrogens is 1. The predicted molar refractivity (Wildman–Crippen MR) is 39.3 cm³/mol. The normalized spacial score (nSPS) is 9.64. The lowest BCUT2D eigenvalue weighted by Gasteiger charge is -1.94. The van der Waals surface area contributed by atoms with Crippen molar-refractivity contribution in [1.82, 2.24) is 0 Å². The van der Waals surface area contributed by atoms with Crippen molar-refractivity contribution in [2.75, 3.05) is 0 Å². The van der Waals surface area contributed by atoms with Gasteiger partial charge >= 0.3 is 5.97 Å². The minimum absolute atomic E-state index is 0.334. The van der Waals surface area contributed by atoms with Crippen LogP contribution in [0.1, 0.15) is 16.1 Å². The van der Waals surface area contributed by atoms with Gasteiger partial charge in [-0.05, 0) is 0 Å². The van der Waals surface area contributed by atoms with E-state index in [1.165, 1.54) is 0 Å². The number of carboxylic acid groups (broad SMARTS) is 1. The molecule has 3 nitrogen and oxygen atoms in total. The third-order valence-corrected chi connectivity index (χ3v) is 1.65. The van der Waals surface area contributed by atoms with Crippen LogP contribution in [-0.4, -0.2) is 11.1 Å². The second-order valence-corrected chi connectivity index (χ2v) is 2.47. The lowest BCUT2D eigenvalue weighted by molar-refractivity contribution is -0.677. The van der Waals surface area contributed by atoms with Crippen molar-refractivity contribution in [2.45, 2.75) is 6.92 Å². The third-order valence-electron chi connectivity index (χ3n) is 1.65. The Balaban J connectivity index is 3.15. The van der Waals surface area contributed by atoms with Gasteiger partial charge in [0.15, 0.2) is 11.9 Å². The molecule has 0 unspecified atom stereocenters. The molecule has 1 heterocycles. The average molecular weight is 152 g/mol. The molecule has 0 fully saturated rings. The topological polar surface area (TPSA) is 41.2 Å². The van der Waals surface area contributed by atoms with Crippen molar-refractivity contribution in [1.29, 1.82) is 0 Å². The van der Waals surface area contributed by atoms with Crippen LogP contribution in [-0.2, 0) is 7.05 Å². The number of carbonyl (C=O) groups is 1. The Morgan fingerprint density at radius 3 is 2.73 bits per heavy atom. The summed E-state index contributed by atoms with van der Waals surface area (Å²) in [4.78, 5) is 10.5. The van der Waals surface area contributed by atoms with Crippen LogP contribution in [0.2, 0.25) is 0 Å². The number of rotatable bonds is 1. The van der Waals surface area contributed by atoms with Crippen LogP contribution >= 0.6 is 0 Å². The van der Waals surface area contributed by atoms with Crippen molar-refractivity contribution in [3.63, 3.8) is 0 Å². The van der Waals surface area contributed by atoms with Crippen LogP contribution in [0.4, 0.5) is 0 Å². The van der Waals surface area contributed by atoms with Gasteiger partial charge in [0.2, 0.25) is 0 Å². The quantitative estimate of drug-likeness (QED) is 0.596. The van der Waals surface area contributed by atoms with Crippen LogP contribution in [0.5, 0.6) is 0 Å². The maximum absolute atomic E-state index is 10.5. The first-order valence-electron chi connectivity index (χ1n) is 3.31. The summed E-state index contributed by atoms with van der Waals surface area (Å²) in [6.07, 6.45) is 1.73. The molecule has 58 valence electrons. The number of aryl methyl sites for hydroxylation is 2. The smallest absolute Gasteiger partial charge is 0.336 e. The van der Waals surface area contributed by atoms with Crippen molar-refractivity contribution in [3.05, 3.63) is 29.6 Å². The van der Waals surface area contributed by atoms with Gasteiger partial charge in [-0.15, -0.1) is 0 Å². The molecule has 0 atom stereocenters. The summed E-state index contributed by atoms with van der Waals surface area (Å²) in [7, 11) is 1.88. The number of aromatic carboxylic acids is 1. The second-order valence-electron chi connectivity index (χ2n) is 2.47. The van der Waals surface area contributed by atoms with Crippen molar-refractivity contribution in [3.8, 4) is 0 Å². The third kappa shape index (κ3) is 1.55. The fourth-order valence-electron chi connectivity index (χ4n) is 0.818. The highest BCUT2D eigenvalue weighted by molar-refractivity contribution is 5.87. The van der Waals surface area contributed by atoms with Gasteiger partial charge in [0.25, 0.3) is 0 Å². The van der Waals surface area contributed by atoms with E-state index in [1.807, 2.05) is 18.5 Å². The summed E-state index contributed by atoms with van der Waals surface area (Å²) in [5.41, 5.74) is 1.27. The summed E-state index contributed by atoms with van der Waals surface area (Å²) >= 11 is 0. The Kier molecular flexibility index (Phi) is 1.89. The number of hydrogen-bond acceptors (Lipinski definition) is 1. The Bertz CT molecular complexity index is 294. The molecule has 0 spiro atoms. The van der Waals surface area contributed by atoms with E-state index in [1.54, 1.807) is 18.3 Å². The van der Waals surface area contributed by atoms with Gasteiger partial charge in [0.05, 0.1) is 5.56 Å². The van der Waals surface area contributed by atoms with E-state index in [0.717, 1.165) is 5.69 Å². The van der Waals surface area contributed by atoms with E-state index in [2.05, 4.69) is 0 Å². The second kappa shape index (κ2) is 2.70. The van der Waals surface area contributed by atoms with Gasteiger partial charge in [-0.3, -0.25) is 0 Å². The number of pyridine rings is 1. The fourth-order valence-corrected chi connectivity index (χ4v) is 0.818. The molecule has 0 radical (unpaired) electrons. The molecule has 1 N–H and O–H groups in total. The maximum atomic E-state index is 10.5. The van der Waals surface area contributed by atoms with E-state index in [0.29, 0.717) is 5.56 Å². The summed E-state index contributed by atoms with van der Waals surface area (Å²) in [6.45, 7) is 1.87. The summed E-state index contributed by atoms with van der Waals surface area (Å²) in [5, 5.41) is 8.59. The fraction of sp³-hybridized carbons (Fsp3) is 0.250. The molecule has 0 saturated carbocycles. The number of hydrogen-bond donors (Lipinski definition) is 1. The largest absolute Gasteiger partial charge is 0.478 e. The molecule has 0 aliphatic heterocycles. The van der Waals surface area contributed by atoms with Gasteiger partial charge in [-0.2, -0.15) is 0 Å². The summed E-state index contributed by atoms with van der Waals surface area (Å²) < 4.78 is 1.87. The molecule has 1 rings (SSSR count). The zero-order valence-electron chi connectivity index (χ0n) is 6.53.